The number of aromatic carboxylic acids is 1. The molecular weight excluding hydrogens is 328 g/mol. The van der Waals surface area contributed by atoms with Crippen LogP contribution in [0.4, 0.5) is 4.79 Å². The lowest BCUT2D eigenvalue weighted by Gasteiger charge is -2.33. The standard InChI is InChI=1S/C14H17ClN2O4S/c15-12-9(5-11(22-12)13(18)19)6-16-14(20)17-3-4-21-10(7-17)8-1-2-8/h5,8,10H,1-4,6-7H2,(H,16,20)(H,18,19). The monoisotopic (exact) mass is 344 g/mol. The third-order valence-electron chi connectivity index (χ3n) is 3.93. The molecule has 1 saturated carbocycles. The summed E-state index contributed by atoms with van der Waals surface area (Å²) in [5.74, 6) is -0.412. The number of carbonyl (C=O) groups excluding carboxylic acids is 1. The summed E-state index contributed by atoms with van der Waals surface area (Å²) in [6.07, 6.45) is 2.52. The van der Waals surface area contributed by atoms with Crippen LogP contribution in [0.1, 0.15) is 28.1 Å². The molecule has 1 atom stereocenters. The van der Waals surface area contributed by atoms with E-state index >= 15 is 0 Å². The Labute approximate surface area is 137 Å². The number of halogens is 1. The van der Waals surface area contributed by atoms with Gasteiger partial charge in [-0.25, -0.2) is 9.59 Å². The number of thiophene rings is 1. The van der Waals surface area contributed by atoms with Crippen LogP contribution in [0.3, 0.4) is 0 Å². The van der Waals surface area contributed by atoms with Gasteiger partial charge in [0.2, 0.25) is 0 Å². The Morgan fingerprint density at radius 1 is 1.50 bits per heavy atom. The van der Waals surface area contributed by atoms with Crippen LogP contribution in [0.5, 0.6) is 0 Å². The molecule has 3 rings (SSSR count). The van der Waals surface area contributed by atoms with Gasteiger partial charge >= 0.3 is 12.0 Å². The summed E-state index contributed by atoms with van der Waals surface area (Å²) in [6.45, 7) is 1.99. The van der Waals surface area contributed by atoms with Crippen LogP contribution in [-0.2, 0) is 11.3 Å². The number of urea groups is 1. The van der Waals surface area contributed by atoms with Crippen molar-refractivity contribution in [3.05, 3.63) is 20.8 Å². The highest BCUT2D eigenvalue weighted by atomic mass is 35.5. The lowest BCUT2D eigenvalue weighted by atomic mass is 10.2. The molecule has 2 N–H and O–H groups in total. The Morgan fingerprint density at radius 3 is 2.91 bits per heavy atom. The van der Waals surface area contributed by atoms with E-state index in [4.69, 9.17) is 21.4 Å². The first kappa shape index (κ1) is 15.6. The second-order valence-corrected chi connectivity index (χ2v) is 7.22. The van der Waals surface area contributed by atoms with Gasteiger partial charge in [0, 0.05) is 25.2 Å². The minimum atomic E-state index is -1.01. The van der Waals surface area contributed by atoms with Crippen LogP contribution in [-0.4, -0.2) is 47.8 Å². The molecule has 0 spiro atoms. The van der Waals surface area contributed by atoms with Gasteiger partial charge in [0.1, 0.15) is 4.88 Å². The molecule has 1 aromatic heterocycles. The Bertz CT molecular complexity index is 587. The Morgan fingerprint density at radius 2 is 2.27 bits per heavy atom. The number of ether oxygens (including phenoxy) is 1. The molecule has 6 nitrogen and oxygen atoms in total. The third kappa shape index (κ3) is 3.53. The van der Waals surface area contributed by atoms with E-state index in [1.165, 1.54) is 18.9 Å². The molecule has 1 aromatic rings. The first-order chi connectivity index (χ1) is 10.5. The van der Waals surface area contributed by atoms with Gasteiger partial charge in [-0.1, -0.05) is 11.6 Å². The average molecular weight is 345 g/mol. The van der Waals surface area contributed by atoms with Gasteiger partial charge in [-0.3, -0.25) is 0 Å². The SMILES string of the molecule is O=C(O)c1cc(CNC(=O)N2CCOC(C3CC3)C2)c(Cl)s1. The molecule has 8 heteroatoms. The van der Waals surface area contributed by atoms with Crippen molar-refractivity contribution in [1.29, 1.82) is 0 Å². The van der Waals surface area contributed by atoms with E-state index in [-0.39, 0.29) is 23.6 Å². The third-order valence-corrected chi connectivity index (χ3v) is 5.35. The van der Waals surface area contributed by atoms with E-state index < -0.39 is 5.97 Å². The summed E-state index contributed by atoms with van der Waals surface area (Å²) in [4.78, 5) is 25.0. The fraction of sp³-hybridized carbons (Fsp3) is 0.571. The molecule has 1 unspecified atom stereocenters. The number of carboxylic acid groups (broad SMARTS) is 1. The molecule has 2 heterocycles. The van der Waals surface area contributed by atoms with Gasteiger partial charge in [-0.05, 0) is 24.8 Å². The fourth-order valence-electron chi connectivity index (χ4n) is 2.53. The fourth-order valence-corrected chi connectivity index (χ4v) is 3.64. The zero-order chi connectivity index (χ0) is 15.7. The summed E-state index contributed by atoms with van der Waals surface area (Å²) < 4.78 is 6.09. The highest BCUT2D eigenvalue weighted by Crippen LogP contribution is 2.35. The quantitative estimate of drug-likeness (QED) is 0.879. The molecule has 0 aromatic carbocycles. The molecule has 1 aliphatic carbocycles. The lowest BCUT2D eigenvalue weighted by Crippen LogP contribution is -2.50. The van der Waals surface area contributed by atoms with E-state index in [0.717, 1.165) is 11.3 Å². The summed E-state index contributed by atoms with van der Waals surface area (Å²) in [5.41, 5.74) is 0.629. The minimum absolute atomic E-state index is 0.155. The van der Waals surface area contributed by atoms with Crippen molar-refractivity contribution in [2.24, 2.45) is 5.92 Å². The van der Waals surface area contributed by atoms with E-state index in [9.17, 15) is 9.59 Å². The number of carbonyl (C=O) groups is 2. The van der Waals surface area contributed by atoms with E-state index in [1.54, 1.807) is 4.90 Å². The normalized spacial score (nSPS) is 21.7. The van der Waals surface area contributed by atoms with Crippen molar-refractivity contribution >= 4 is 34.9 Å². The van der Waals surface area contributed by atoms with Crippen molar-refractivity contribution in [1.82, 2.24) is 10.2 Å². The van der Waals surface area contributed by atoms with Crippen LogP contribution in [0, 0.1) is 5.92 Å². The molecule has 120 valence electrons. The van der Waals surface area contributed by atoms with E-state index in [1.807, 2.05) is 0 Å². The van der Waals surface area contributed by atoms with Gasteiger partial charge in [0.05, 0.1) is 17.0 Å². The minimum Gasteiger partial charge on any atom is -0.477 e. The van der Waals surface area contributed by atoms with Crippen molar-refractivity contribution in [2.75, 3.05) is 19.7 Å². The Balaban J connectivity index is 1.54. The number of amides is 2. The van der Waals surface area contributed by atoms with Gasteiger partial charge in [-0.2, -0.15) is 0 Å². The first-order valence-corrected chi connectivity index (χ1v) is 8.40. The van der Waals surface area contributed by atoms with E-state index in [2.05, 4.69) is 5.32 Å². The molecule has 22 heavy (non-hydrogen) atoms. The molecule has 1 aliphatic heterocycles. The van der Waals surface area contributed by atoms with Gasteiger partial charge in [0.15, 0.2) is 0 Å². The first-order valence-electron chi connectivity index (χ1n) is 7.20. The maximum absolute atomic E-state index is 12.2. The molecule has 1 saturated heterocycles. The van der Waals surface area contributed by atoms with Crippen LogP contribution in [0.2, 0.25) is 4.34 Å². The van der Waals surface area contributed by atoms with Crippen molar-refractivity contribution < 1.29 is 19.4 Å². The molecule has 2 amide bonds. The van der Waals surface area contributed by atoms with Crippen molar-refractivity contribution in [2.45, 2.75) is 25.5 Å². The molecule has 2 aliphatic rings. The van der Waals surface area contributed by atoms with Crippen LogP contribution >= 0.6 is 22.9 Å². The maximum atomic E-state index is 12.2. The largest absolute Gasteiger partial charge is 0.477 e. The molecule has 0 bridgehead atoms. The summed E-state index contributed by atoms with van der Waals surface area (Å²) in [5, 5.41) is 11.7. The maximum Gasteiger partial charge on any atom is 0.345 e. The number of hydrogen-bond donors (Lipinski definition) is 2. The highest BCUT2D eigenvalue weighted by Gasteiger charge is 2.36. The number of carboxylic acids is 1. The second-order valence-electron chi connectivity index (χ2n) is 5.57. The van der Waals surface area contributed by atoms with E-state index in [0.29, 0.717) is 35.5 Å². The highest BCUT2D eigenvalue weighted by molar-refractivity contribution is 7.18. The van der Waals surface area contributed by atoms with Crippen LogP contribution in [0.15, 0.2) is 6.07 Å². The zero-order valence-electron chi connectivity index (χ0n) is 11.9. The topological polar surface area (TPSA) is 78.9 Å². The summed E-state index contributed by atoms with van der Waals surface area (Å²) in [6, 6.07) is 1.34. The molecule has 0 radical (unpaired) electrons. The number of hydrogen-bond acceptors (Lipinski definition) is 4. The Hall–Kier alpha value is -1.31. The number of rotatable bonds is 4. The predicted octanol–water partition coefficient (Wildman–Crippen LogP) is 2.42. The average Bonchev–Trinajstić information content (AvgIpc) is 3.28. The molecular formula is C14H17ClN2O4S. The van der Waals surface area contributed by atoms with Crippen LogP contribution < -0.4 is 5.32 Å². The summed E-state index contributed by atoms with van der Waals surface area (Å²) in [7, 11) is 0. The Kier molecular flexibility index (Phi) is 4.56. The number of nitrogens with one attached hydrogen (secondary N) is 1. The summed E-state index contributed by atoms with van der Waals surface area (Å²) >= 11 is 7.00. The van der Waals surface area contributed by atoms with Gasteiger partial charge in [-0.15, -0.1) is 11.3 Å². The number of morpholine rings is 1. The number of nitrogens with zero attached hydrogens (tertiary/aromatic N) is 1. The van der Waals surface area contributed by atoms with Gasteiger partial charge < -0.3 is 20.1 Å². The van der Waals surface area contributed by atoms with Crippen molar-refractivity contribution in [3.63, 3.8) is 0 Å². The molecule has 2 fully saturated rings. The second kappa shape index (κ2) is 6.44. The smallest absolute Gasteiger partial charge is 0.345 e. The zero-order valence-corrected chi connectivity index (χ0v) is 13.5. The lowest BCUT2D eigenvalue weighted by molar-refractivity contribution is -0.0252. The van der Waals surface area contributed by atoms with Crippen LogP contribution in [0.25, 0.3) is 0 Å². The predicted molar refractivity (Wildman–Crippen MR) is 82.6 cm³/mol. The van der Waals surface area contributed by atoms with Gasteiger partial charge in [0.25, 0.3) is 0 Å². The van der Waals surface area contributed by atoms with Crippen molar-refractivity contribution in [3.8, 4) is 0 Å².